The van der Waals surface area contributed by atoms with E-state index in [1.54, 1.807) is 17.9 Å². The standard InChI is InChI=1S/C15H28N4O3/c1-7-21-10-11(2)16-8-12-9-17-19(6)13(12)18-14(20)22-15(3,4)5/h9,11,16H,7-8,10H2,1-6H3,(H,18,20). The number of carbonyl (C=O) groups is 1. The van der Waals surface area contributed by atoms with Gasteiger partial charge in [0.05, 0.1) is 12.8 Å². The summed E-state index contributed by atoms with van der Waals surface area (Å²) < 4.78 is 12.3. The van der Waals surface area contributed by atoms with Crippen LogP contribution < -0.4 is 10.6 Å². The molecule has 1 unspecified atom stereocenters. The zero-order chi connectivity index (χ0) is 16.8. The van der Waals surface area contributed by atoms with Crippen molar-refractivity contribution in [2.24, 2.45) is 7.05 Å². The molecule has 1 aromatic heterocycles. The lowest BCUT2D eigenvalue weighted by Gasteiger charge is -2.20. The molecule has 7 heteroatoms. The van der Waals surface area contributed by atoms with E-state index in [-0.39, 0.29) is 6.04 Å². The highest BCUT2D eigenvalue weighted by molar-refractivity contribution is 5.84. The van der Waals surface area contributed by atoms with E-state index < -0.39 is 11.7 Å². The molecule has 0 saturated heterocycles. The van der Waals surface area contributed by atoms with Crippen molar-refractivity contribution in [1.82, 2.24) is 15.1 Å². The number of aryl methyl sites for hydroxylation is 1. The van der Waals surface area contributed by atoms with Crippen LogP contribution in [-0.4, -0.2) is 40.7 Å². The summed E-state index contributed by atoms with van der Waals surface area (Å²) in [6, 6.07) is 0.217. The number of hydrogen-bond donors (Lipinski definition) is 2. The number of nitrogens with one attached hydrogen (secondary N) is 2. The van der Waals surface area contributed by atoms with E-state index in [4.69, 9.17) is 9.47 Å². The monoisotopic (exact) mass is 312 g/mol. The molecule has 1 aromatic rings. The van der Waals surface area contributed by atoms with Crippen LogP contribution in [0, 0.1) is 0 Å². The molecule has 0 saturated carbocycles. The fourth-order valence-electron chi connectivity index (χ4n) is 1.81. The van der Waals surface area contributed by atoms with Crippen LogP contribution in [0.1, 0.15) is 40.2 Å². The second-order valence-electron chi connectivity index (χ2n) is 6.21. The molecule has 1 heterocycles. The van der Waals surface area contributed by atoms with Crippen LogP contribution in [0.2, 0.25) is 0 Å². The molecule has 0 aromatic carbocycles. The van der Waals surface area contributed by atoms with Gasteiger partial charge in [-0.15, -0.1) is 0 Å². The molecule has 0 radical (unpaired) electrons. The second kappa shape index (κ2) is 8.14. The molecule has 22 heavy (non-hydrogen) atoms. The predicted octanol–water partition coefficient (Wildman–Crippen LogP) is 2.28. The minimum absolute atomic E-state index is 0.217. The third kappa shape index (κ3) is 6.44. The normalized spacial score (nSPS) is 13.0. The molecular weight excluding hydrogens is 284 g/mol. The Morgan fingerprint density at radius 2 is 2.14 bits per heavy atom. The number of nitrogens with zero attached hydrogens (tertiary/aromatic N) is 2. The molecule has 1 atom stereocenters. The van der Waals surface area contributed by atoms with Gasteiger partial charge in [0.25, 0.3) is 0 Å². The Kier molecular flexibility index (Phi) is 6.83. The maximum atomic E-state index is 11.9. The van der Waals surface area contributed by atoms with E-state index in [9.17, 15) is 4.79 Å². The Labute approximate surface area is 132 Å². The molecule has 0 spiro atoms. The van der Waals surface area contributed by atoms with Crippen LogP contribution >= 0.6 is 0 Å². The first-order valence-electron chi connectivity index (χ1n) is 7.55. The van der Waals surface area contributed by atoms with Crippen molar-refractivity contribution in [1.29, 1.82) is 0 Å². The minimum atomic E-state index is -0.535. The van der Waals surface area contributed by atoms with Gasteiger partial charge in [-0.3, -0.25) is 10.00 Å². The van der Waals surface area contributed by atoms with Gasteiger partial charge in [0.15, 0.2) is 0 Å². The molecule has 126 valence electrons. The van der Waals surface area contributed by atoms with Crippen LogP contribution in [-0.2, 0) is 23.1 Å². The van der Waals surface area contributed by atoms with Crippen molar-refractivity contribution < 1.29 is 14.3 Å². The minimum Gasteiger partial charge on any atom is -0.444 e. The SMILES string of the molecule is CCOCC(C)NCc1cnn(C)c1NC(=O)OC(C)(C)C. The predicted molar refractivity (Wildman–Crippen MR) is 85.9 cm³/mol. The van der Waals surface area contributed by atoms with Gasteiger partial charge in [-0.1, -0.05) is 0 Å². The summed E-state index contributed by atoms with van der Waals surface area (Å²) in [6.07, 6.45) is 1.24. The Balaban J connectivity index is 2.61. The van der Waals surface area contributed by atoms with Gasteiger partial charge in [-0.25, -0.2) is 4.79 Å². The van der Waals surface area contributed by atoms with Gasteiger partial charge in [0.2, 0.25) is 0 Å². The molecule has 7 nitrogen and oxygen atoms in total. The highest BCUT2D eigenvalue weighted by Gasteiger charge is 2.19. The average molecular weight is 312 g/mol. The summed E-state index contributed by atoms with van der Waals surface area (Å²) in [5.41, 5.74) is 0.365. The first-order valence-corrected chi connectivity index (χ1v) is 7.55. The average Bonchev–Trinajstić information content (AvgIpc) is 2.73. The topological polar surface area (TPSA) is 77.4 Å². The van der Waals surface area contributed by atoms with Gasteiger partial charge in [0.1, 0.15) is 11.4 Å². The summed E-state index contributed by atoms with van der Waals surface area (Å²) >= 11 is 0. The summed E-state index contributed by atoms with van der Waals surface area (Å²) in [6.45, 7) is 11.4. The Bertz CT molecular complexity index is 480. The lowest BCUT2D eigenvalue weighted by atomic mass is 10.2. The van der Waals surface area contributed by atoms with E-state index in [1.807, 2.05) is 34.6 Å². The third-order valence-electron chi connectivity index (χ3n) is 2.85. The molecule has 0 bridgehead atoms. The number of rotatable bonds is 7. The van der Waals surface area contributed by atoms with Gasteiger partial charge < -0.3 is 14.8 Å². The van der Waals surface area contributed by atoms with Crippen LogP contribution in [0.15, 0.2) is 6.20 Å². The van der Waals surface area contributed by atoms with Gasteiger partial charge in [-0.2, -0.15) is 5.10 Å². The van der Waals surface area contributed by atoms with Gasteiger partial charge >= 0.3 is 6.09 Å². The molecule has 0 aliphatic rings. The number of hydrogen-bond acceptors (Lipinski definition) is 5. The van der Waals surface area contributed by atoms with Crippen molar-refractivity contribution in [2.75, 3.05) is 18.5 Å². The Morgan fingerprint density at radius 3 is 2.73 bits per heavy atom. The van der Waals surface area contributed by atoms with Crippen LogP contribution in [0.5, 0.6) is 0 Å². The first-order chi connectivity index (χ1) is 10.2. The van der Waals surface area contributed by atoms with Crippen molar-refractivity contribution in [2.45, 2.75) is 52.8 Å². The van der Waals surface area contributed by atoms with Crippen LogP contribution in [0.25, 0.3) is 0 Å². The second-order valence-corrected chi connectivity index (χ2v) is 6.21. The summed E-state index contributed by atoms with van der Waals surface area (Å²) in [5.74, 6) is 0.630. The maximum Gasteiger partial charge on any atom is 0.413 e. The van der Waals surface area contributed by atoms with Crippen molar-refractivity contribution in [3.05, 3.63) is 11.8 Å². The zero-order valence-electron chi connectivity index (χ0n) is 14.4. The van der Waals surface area contributed by atoms with E-state index in [0.29, 0.717) is 25.6 Å². The quantitative estimate of drug-likeness (QED) is 0.807. The molecule has 0 aliphatic heterocycles. The number of amides is 1. The molecular formula is C15H28N4O3. The smallest absolute Gasteiger partial charge is 0.413 e. The highest BCUT2D eigenvalue weighted by atomic mass is 16.6. The van der Waals surface area contributed by atoms with Crippen LogP contribution in [0.3, 0.4) is 0 Å². The van der Waals surface area contributed by atoms with E-state index in [2.05, 4.69) is 15.7 Å². The first kappa shape index (κ1) is 18.4. The van der Waals surface area contributed by atoms with Gasteiger partial charge in [0, 0.05) is 31.8 Å². The molecule has 0 fully saturated rings. The summed E-state index contributed by atoms with van der Waals surface area (Å²) in [5, 5.41) is 10.3. The van der Waals surface area contributed by atoms with Crippen LogP contribution in [0.4, 0.5) is 10.6 Å². The highest BCUT2D eigenvalue weighted by Crippen LogP contribution is 2.16. The Hall–Kier alpha value is -1.60. The molecule has 1 amide bonds. The number of aromatic nitrogens is 2. The van der Waals surface area contributed by atoms with E-state index in [0.717, 1.165) is 5.56 Å². The maximum absolute atomic E-state index is 11.9. The zero-order valence-corrected chi connectivity index (χ0v) is 14.4. The number of carbonyl (C=O) groups excluding carboxylic acids is 1. The van der Waals surface area contributed by atoms with Crippen molar-refractivity contribution in [3.8, 4) is 0 Å². The molecule has 0 aliphatic carbocycles. The van der Waals surface area contributed by atoms with Gasteiger partial charge in [-0.05, 0) is 34.6 Å². The fourth-order valence-corrected chi connectivity index (χ4v) is 1.81. The lowest BCUT2D eigenvalue weighted by Crippen LogP contribution is -2.31. The van der Waals surface area contributed by atoms with E-state index >= 15 is 0 Å². The fraction of sp³-hybridized carbons (Fsp3) is 0.733. The molecule has 1 rings (SSSR count). The Morgan fingerprint density at radius 1 is 1.45 bits per heavy atom. The summed E-state index contributed by atoms with van der Waals surface area (Å²) in [4.78, 5) is 11.9. The summed E-state index contributed by atoms with van der Waals surface area (Å²) in [7, 11) is 1.78. The number of anilines is 1. The number of ether oxygens (including phenoxy) is 2. The van der Waals surface area contributed by atoms with E-state index in [1.165, 1.54) is 0 Å². The molecule has 2 N–H and O–H groups in total. The van der Waals surface area contributed by atoms with Crippen molar-refractivity contribution in [3.63, 3.8) is 0 Å². The lowest BCUT2D eigenvalue weighted by molar-refractivity contribution is 0.0634. The largest absolute Gasteiger partial charge is 0.444 e. The van der Waals surface area contributed by atoms with Crippen molar-refractivity contribution >= 4 is 11.9 Å². The third-order valence-corrected chi connectivity index (χ3v) is 2.85.